The lowest BCUT2D eigenvalue weighted by Crippen LogP contribution is -2.23. The molecule has 96 valence electrons. The number of nitrogens with one attached hydrogen (secondary N) is 1. The third kappa shape index (κ3) is 2.45. The number of halogens is 2. The molecule has 1 aromatic rings. The molecule has 3 unspecified atom stereocenters. The maximum Gasteiger partial charge on any atom is 0.0598 e. The van der Waals surface area contributed by atoms with Gasteiger partial charge in [0.25, 0.3) is 0 Å². The molecule has 0 spiro atoms. The van der Waals surface area contributed by atoms with E-state index < -0.39 is 0 Å². The summed E-state index contributed by atoms with van der Waals surface area (Å²) in [6.07, 6.45) is 8.60. The van der Waals surface area contributed by atoms with Crippen molar-refractivity contribution in [2.45, 2.75) is 25.3 Å². The van der Waals surface area contributed by atoms with Gasteiger partial charge in [-0.25, -0.2) is 0 Å². The summed E-state index contributed by atoms with van der Waals surface area (Å²) in [5.74, 6) is 1.73. The highest BCUT2D eigenvalue weighted by atomic mass is 35.5. The molecule has 1 nitrogen and oxygen atoms in total. The molecule has 3 rings (SSSR count). The standard InChI is InChI=1S/C15H17Cl2N/c16-13-6-4-10(8-14(13)17)5-7-15-12-3-1-2-11(12)9-18-15/h4-8,11-12,15,18H,1-3,9H2/b7-5+. The van der Waals surface area contributed by atoms with Gasteiger partial charge in [-0.2, -0.15) is 0 Å². The van der Waals surface area contributed by atoms with Crippen molar-refractivity contribution in [2.75, 3.05) is 6.54 Å². The van der Waals surface area contributed by atoms with E-state index in [1.165, 1.54) is 25.8 Å². The van der Waals surface area contributed by atoms with Crippen LogP contribution in [-0.4, -0.2) is 12.6 Å². The fourth-order valence-electron chi connectivity index (χ4n) is 3.27. The zero-order valence-electron chi connectivity index (χ0n) is 10.2. The topological polar surface area (TPSA) is 12.0 Å². The van der Waals surface area contributed by atoms with Crippen LogP contribution in [0, 0.1) is 11.8 Å². The van der Waals surface area contributed by atoms with E-state index in [4.69, 9.17) is 23.2 Å². The van der Waals surface area contributed by atoms with Crippen molar-refractivity contribution in [2.24, 2.45) is 11.8 Å². The first-order valence-corrected chi connectivity index (χ1v) is 7.36. The molecular formula is C15H17Cl2N. The van der Waals surface area contributed by atoms with Crippen LogP contribution >= 0.6 is 23.2 Å². The Balaban J connectivity index is 1.72. The van der Waals surface area contributed by atoms with Crippen LogP contribution < -0.4 is 5.32 Å². The van der Waals surface area contributed by atoms with Gasteiger partial charge in [0.1, 0.15) is 0 Å². The third-order valence-electron chi connectivity index (χ3n) is 4.23. The molecule has 2 aliphatic rings. The maximum absolute atomic E-state index is 6.02. The first-order chi connectivity index (χ1) is 8.74. The van der Waals surface area contributed by atoms with E-state index in [0.29, 0.717) is 16.1 Å². The molecule has 1 aromatic carbocycles. The molecule has 1 aliphatic carbocycles. The second-order valence-electron chi connectivity index (χ2n) is 5.32. The Bertz CT molecular complexity index is 470. The third-order valence-corrected chi connectivity index (χ3v) is 4.97. The number of fused-ring (bicyclic) bond motifs is 1. The predicted octanol–water partition coefficient (Wildman–Crippen LogP) is 4.39. The summed E-state index contributed by atoms with van der Waals surface area (Å²) in [5, 5.41) is 4.85. The van der Waals surface area contributed by atoms with Gasteiger partial charge in [-0.3, -0.25) is 0 Å². The zero-order valence-corrected chi connectivity index (χ0v) is 11.7. The van der Waals surface area contributed by atoms with Gasteiger partial charge in [-0.1, -0.05) is 47.8 Å². The van der Waals surface area contributed by atoms with Gasteiger partial charge in [-0.05, 0) is 48.9 Å². The molecule has 3 atom stereocenters. The summed E-state index contributed by atoms with van der Waals surface area (Å²) in [4.78, 5) is 0. The molecule has 1 saturated carbocycles. The van der Waals surface area contributed by atoms with Crippen molar-refractivity contribution in [1.82, 2.24) is 5.32 Å². The van der Waals surface area contributed by atoms with Crippen LogP contribution in [0.1, 0.15) is 24.8 Å². The van der Waals surface area contributed by atoms with Crippen molar-refractivity contribution < 1.29 is 0 Å². The summed E-state index contributed by atoms with van der Waals surface area (Å²) < 4.78 is 0. The Morgan fingerprint density at radius 3 is 2.89 bits per heavy atom. The van der Waals surface area contributed by atoms with Gasteiger partial charge in [0, 0.05) is 6.04 Å². The van der Waals surface area contributed by atoms with Crippen LogP contribution in [-0.2, 0) is 0 Å². The molecule has 3 heteroatoms. The molecule has 1 heterocycles. The Labute approximate surface area is 118 Å². The van der Waals surface area contributed by atoms with Crippen LogP contribution in [0.2, 0.25) is 10.0 Å². The molecule has 1 saturated heterocycles. The van der Waals surface area contributed by atoms with Crippen molar-refractivity contribution in [1.29, 1.82) is 0 Å². The fraction of sp³-hybridized carbons (Fsp3) is 0.467. The highest BCUT2D eigenvalue weighted by Crippen LogP contribution is 2.38. The molecule has 0 bridgehead atoms. The van der Waals surface area contributed by atoms with Gasteiger partial charge in [0.05, 0.1) is 10.0 Å². The molecule has 0 aromatic heterocycles. The summed E-state index contributed by atoms with van der Waals surface area (Å²) in [6, 6.07) is 6.31. The van der Waals surface area contributed by atoms with E-state index in [9.17, 15) is 0 Å². The first kappa shape index (κ1) is 12.5. The average molecular weight is 282 g/mol. The van der Waals surface area contributed by atoms with Crippen molar-refractivity contribution in [3.05, 3.63) is 39.9 Å². The van der Waals surface area contributed by atoms with E-state index in [0.717, 1.165) is 17.4 Å². The average Bonchev–Trinajstić information content (AvgIpc) is 2.94. The molecule has 0 amide bonds. The smallest absolute Gasteiger partial charge is 0.0598 e. The summed E-state index contributed by atoms with van der Waals surface area (Å²) in [5.41, 5.74) is 1.12. The number of benzene rings is 1. The minimum Gasteiger partial charge on any atom is -0.310 e. The van der Waals surface area contributed by atoms with Gasteiger partial charge in [0.15, 0.2) is 0 Å². The van der Waals surface area contributed by atoms with Crippen LogP contribution in [0.25, 0.3) is 6.08 Å². The maximum atomic E-state index is 6.02. The lowest BCUT2D eigenvalue weighted by atomic mass is 9.93. The van der Waals surface area contributed by atoms with Crippen LogP contribution in [0.4, 0.5) is 0 Å². The lowest BCUT2D eigenvalue weighted by molar-refractivity contribution is 0.456. The Kier molecular flexibility index (Phi) is 3.65. The lowest BCUT2D eigenvalue weighted by Gasteiger charge is -2.13. The molecule has 18 heavy (non-hydrogen) atoms. The molecular weight excluding hydrogens is 265 g/mol. The van der Waals surface area contributed by atoms with E-state index in [-0.39, 0.29) is 0 Å². The van der Waals surface area contributed by atoms with Crippen LogP contribution in [0.15, 0.2) is 24.3 Å². The SMILES string of the molecule is Clc1ccc(/C=C/C2NCC3CCCC32)cc1Cl. The second kappa shape index (κ2) is 5.24. The van der Waals surface area contributed by atoms with Gasteiger partial charge in [0.2, 0.25) is 0 Å². The zero-order chi connectivity index (χ0) is 12.5. The Morgan fingerprint density at radius 2 is 2.06 bits per heavy atom. The second-order valence-corrected chi connectivity index (χ2v) is 6.14. The van der Waals surface area contributed by atoms with E-state index in [1.54, 1.807) is 0 Å². The Morgan fingerprint density at radius 1 is 1.17 bits per heavy atom. The summed E-state index contributed by atoms with van der Waals surface area (Å²) >= 11 is 11.9. The van der Waals surface area contributed by atoms with Crippen molar-refractivity contribution in [3.8, 4) is 0 Å². The van der Waals surface area contributed by atoms with Gasteiger partial charge in [-0.15, -0.1) is 0 Å². The van der Waals surface area contributed by atoms with E-state index in [1.807, 2.05) is 18.2 Å². The van der Waals surface area contributed by atoms with E-state index >= 15 is 0 Å². The minimum absolute atomic E-state index is 0.534. The predicted molar refractivity (Wildman–Crippen MR) is 78.1 cm³/mol. The largest absolute Gasteiger partial charge is 0.310 e. The molecule has 1 N–H and O–H groups in total. The number of hydrogen-bond acceptors (Lipinski definition) is 1. The summed E-state index contributed by atoms with van der Waals surface area (Å²) in [6.45, 7) is 1.18. The van der Waals surface area contributed by atoms with E-state index in [2.05, 4.69) is 17.5 Å². The van der Waals surface area contributed by atoms with Crippen LogP contribution in [0.3, 0.4) is 0 Å². The molecule has 0 radical (unpaired) electrons. The number of rotatable bonds is 2. The monoisotopic (exact) mass is 281 g/mol. The van der Waals surface area contributed by atoms with Gasteiger partial charge < -0.3 is 5.32 Å². The van der Waals surface area contributed by atoms with Crippen LogP contribution in [0.5, 0.6) is 0 Å². The quantitative estimate of drug-likeness (QED) is 0.848. The highest BCUT2D eigenvalue weighted by molar-refractivity contribution is 6.42. The van der Waals surface area contributed by atoms with Gasteiger partial charge >= 0.3 is 0 Å². The fourth-order valence-corrected chi connectivity index (χ4v) is 3.58. The van der Waals surface area contributed by atoms with Crippen molar-refractivity contribution in [3.63, 3.8) is 0 Å². The Hall–Kier alpha value is -0.500. The minimum atomic E-state index is 0.534. The molecule has 1 aliphatic heterocycles. The number of hydrogen-bond donors (Lipinski definition) is 1. The van der Waals surface area contributed by atoms with Crippen molar-refractivity contribution >= 4 is 29.3 Å². The normalized spacial score (nSPS) is 31.1. The highest BCUT2D eigenvalue weighted by Gasteiger charge is 2.37. The molecule has 2 fully saturated rings. The summed E-state index contributed by atoms with van der Waals surface area (Å²) in [7, 11) is 0. The first-order valence-electron chi connectivity index (χ1n) is 6.60.